The van der Waals surface area contributed by atoms with Gasteiger partial charge in [-0.1, -0.05) is 18.9 Å². The number of anilines is 1. The molecule has 0 spiro atoms. The molecule has 22 heavy (non-hydrogen) atoms. The fourth-order valence-electron chi connectivity index (χ4n) is 2.91. The van der Waals surface area contributed by atoms with Gasteiger partial charge in [-0.25, -0.2) is 22.9 Å². The van der Waals surface area contributed by atoms with Crippen molar-refractivity contribution in [2.75, 3.05) is 18.0 Å². The quantitative estimate of drug-likeness (QED) is 0.832. The van der Waals surface area contributed by atoms with E-state index >= 15 is 0 Å². The van der Waals surface area contributed by atoms with Crippen LogP contribution in [0.1, 0.15) is 36.2 Å². The van der Waals surface area contributed by atoms with Gasteiger partial charge in [-0.05, 0) is 25.0 Å². The minimum Gasteiger partial charge on any atom is -0.477 e. The number of nitrogens with one attached hydrogen (secondary N) is 1. The molecule has 1 aromatic heterocycles. The highest BCUT2D eigenvalue weighted by molar-refractivity contribution is 7.90. The van der Waals surface area contributed by atoms with E-state index in [0.717, 1.165) is 25.7 Å². The summed E-state index contributed by atoms with van der Waals surface area (Å²) in [6, 6.07) is 4.80. The van der Waals surface area contributed by atoms with Crippen LogP contribution in [0, 0.1) is 0 Å². The number of sulfonamides is 1. The van der Waals surface area contributed by atoms with Crippen molar-refractivity contribution in [1.29, 1.82) is 0 Å². The van der Waals surface area contributed by atoms with E-state index in [1.807, 2.05) is 0 Å². The van der Waals surface area contributed by atoms with E-state index in [0.29, 0.717) is 18.9 Å². The molecule has 2 N–H and O–H groups in total. The molecule has 1 aliphatic carbocycles. The normalized spacial score (nSPS) is 20.1. The molecule has 0 amide bonds. The summed E-state index contributed by atoms with van der Waals surface area (Å²) in [5.74, 6) is -0.582. The molecule has 120 valence electrons. The Morgan fingerprint density at radius 3 is 2.59 bits per heavy atom. The molecule has 0 bridgehead atoms. The van der Waals surface area contributed by atoms with Crippen LogP contribution in [0.4, 0.5) is 5.82 Å². The maximum Gasteiger partial charge on any atom is 0.354 e. The molecule has 1 aromatic rings. The predicted molar refractivity (Wildman–Crippen MR) is 81.5 cm³/mol. The molecule has 3 rings (SSSR count). The maximum absolute atomic E-state index is 12.3. The minimum absolute atomic E-state index is 0.0344. The van der Waals surface area contributed by atoms with Gasteiger partial charge in [0.05, 0.1) is 0 Å². The van der Waals surface area contributed by atoms with Crippen LogP contribution in [-0.4, -0.2) is 48.9 Å². The Balaban J connectivity index is 1.61. The number of carboxylic acid groups (broad SMARTS) is 1. The monoisotopic (exact) mass is 325 g/mol. The van der Waals surface area contributed by atoms with Crippen LogP contribution in [0.15, 0.2) is 18.2 Å². The van der Waals surface area contributed by atoms with Crippen molar-refractivity contribution < 1.29 is 18.3 Å². The molecule has 0 radical (unpaired) electrons. The summed E-state index contributed by atoms with van der Waals surface area (Å²) in [6.07, 6.45) is 3.99. The van der Waals surface area contributed by atoms with E-state index < -0.39 is 21.2 Å². The van der Waals surface area contributed by atoms with Gasteiger partial charge in [0, 0.05) is 19.1 Å². The SMILES string of the molecule is O=C(O)c1cccc(N2CC(S(=O)(=O)NC3CCCC3)C2)n1. The zero-order valence-electron chi connectivity index (χ0n) is 12.1. The average molecular weight is 325 g/mol. The zero-order chi connectivity index (χ0) is 15.7. The van der Waals surface area contributed by atoms with Crippen molar-refractivity contribution in [3.05, 3.63) is 23.9 Å². The average Bonchev–Trinajstić information content (AvgIpc) is 2.89. The Hall–Kier alpha value is -1.67. The number of hydrogen-bond donors (Lipinski definition) is 2. The number of nitrogens with zero attached hydrogens (tertiary/aromatic N) is 2. The number of carbonyl (C=O) groups is 1. The molecule has 2 fully saturated rings. The number of carboxylic acids is 1. The summed E-state index contributed by atoms with van der Waals surface area (Å²) in [4.78, 5) is 16.7. The van der Waals surface area contributed by atoms with Crippen molar-refractivity contribution >= 4 is 21.8 Å². The van der Waals surface area contributed by atoms with Gasteiger partial charge in [-0.15, -0.1) is 0 Å². The van der Waals surface area contributed by atoms with Gasteiger partial charge in [0.2, 0.25) is 10.0 Å². The van der Waals surface area contributed by atoms with Crippen molar-refractivity contribution in [1.82, 2.24) is 9.71 Å². The molecular formula is C14H19N3O4S. The van der Waals surface area contributed by atoms with Crippen LogP contribution >= 0.6 is 0 Å². The second-order valence-corrected chi connectivity index (χ2v) is 7.85. The van der Waals surface area contributed by atoms with E-state index in [-0.39, 0.29) is 11.7 Å². The molecular weight excluding hydrogens is 306 g/mol. The van der Waals surface area contributed by atoms with E-state index in [9.17, 15) is 13.2 Å². The standard InChI is InChI=1S/C14H19N3O4S/c18-14(19)12-6-3-7-13(15-12)17-8-11(9-17)22(20,21)16-10-4-1-2-5-10/h3,6-7,10-11,16H,1-2,4-5,8-9H2,(H,18,19). The van der Waals surface area contributed by atoms with Crippen LogP contribution in [0.2, 0.25) is 0 Å². The zero-order valence-corrected chi connectivity index (χ0v) is 12.9. The smallest absolute Gasteiger partial charge is 0.354 e. The summed E-state index contributed by atoms with van der Waals surface area (Å²) in [7, 11) is -3.31. The summed E-state index contributed by atoms with van der Waals surface area (Å²) in [5, 5.41) is 8.48. The lowest BCUT2D eigenvalue weighted by molar-refractivity contribution is 0.0690. The second kappa shape index (κ2) is 5.85. The van der Waals surface area contributed by atoms with Gasteiger partial charge in [0.25, 0.3) is 0 Å². The third-order valence-corrected chi connectivity index (χ3v) is 6.09. The first-order valence-corrected chi connectivity index (χ1v) is 8.97. The lowest BCUT2D eigenvalue weighted by Crippen LogP contribution is -2.59. The minimum atomic E-state index is -3.31. The lowest BCUT2D eigenvalue weighted by atomic mass is 10.2. The van der Waals surface area contributed by atoms with E-state index in [4.69, 9.17) is 5.11 Å². The Labute approximate surface area is 129 Å². The van der Waals surface area contributed by atoms with Crippen molar-refractivity contribution in [2.45, 2.75) is 37.0 Å². The third kappa shape index (κ3) is 3.07. The summed E-state index contributed by atoms with van der Waals surface area (Å²) in [6.45, 7) is 0.691. The van der Waals surface area contributed by atoms with Crippen molar-refractivity contribution in [3.8, 4) is 0 Å². The Morgan fingerprint density at radius 1 is 1.27 bits per heavy atom. The number of hydrogen-bond acceptors (Lipinski definition) is 5. The Bertz CT molecular complexity index is 664. The first-order chi connectivity index (χ1) is 10.5. The number of aromatic carboxylic acids is 1. The van der Waals surface area contributed by atoms with E-state index in [1.54, 1.807) is 17.0 Å². The number of aromatic nitrogens is 1. The van der Waals surface area contributed by atoms with Gasteiger partial charge >= 0.3 is 5.97 Å². The lowest BCUT2D eigenvalue weighted by Gasteiger charge is -2.39. The van der Waals surface area contributed by atoms with Crippen LogP contribution in [0.25, 0.3) is 0 Å². The summed E-state index contributed by atoms with van der Waals surface area (Å²) >= 11 is 0. The first-order valence-electron chi connectivity index (χ1n) is 7.42. The van der Waals surface area contributed by atoms with E-state index in [2.05, 4.69) is 9.71 Å². The Kier molecular flexibility index (Phi) is 4.05. The summed E-state index contributed by atoms with van der Waals surface area (Å²) < 4.78 is 27.3. The van der Waals surface area contributed by atoms with Gasteiger partial charge in [0.1, 0.15) is 11.1 Å². The molecule has 7 nitrogen and oxygen atoms in total. The van der Waals surface area contributed by atoms with Gasteiger partial charge in [-0.2, -0.15) is 0 Å². The molecule has 1 aliphatic heterocycles. The third-order valence-electron chi connectivity index (χ3n) is 4.25. The van der Waals surface area contributed by atoms with Crippen molar-refractivity contribution in [2.24, 2.45) is 0 Å². The van der Waals surface area contributed by atoms with Gasteiger partial charge < -0.3 is 10.0 Å². The van der Waals surface area contributed by atoms with Crippen LogP contribution in [0.5, 0.6) is 0 Å². The van der Waals surface area contributed by atoms with Crippen LogP contribution < -0.4 is 9.62 Å². The van der Waals surface area contributed by atoms with Crippen molar-refractivity contribution in [3.63, 3.8) is 0 Å². The summed E-state index contributed by atoms with van der Waals surface area (Å²) in [5.41, 5.74) is -0.0344. The van der Waals surface area contributed by atoms with Crippen LogP contribution in [0.3, 0.4) is 0 Å². The van der Waals surface area contributed by atoms with Gasteiger partial charge in [-0.3, -0.25) is 0 Å². The second-order valence-electron chi connectivity index (χ2n) is 5.86. The molecule has 1 saturated heterocycles. The fourth-order valence-corrected chi connectivity index (χ4v) is 4.56. The topological polar surface area (TPSA) is 99.6 Å². The highest BCUT2D eigenvalue weighted by Crippen LogP contribution is 2.25. The van der Waals surface area contributed by atoms with Gasteiger partial charge in [0.15, 0.2) is 5.69 Å². The fraction of sp³-hybridized carbons (Fsp3) is 0.571. The number of pyridine rings is 1. The predicted octanol–water partition coefficient (Wildman–Crippen LogP) is 0.830. The molecule has 0 atom stereocenters. The molecule has 1 saturated carbocycles. The van der Waals surface area contributed by atoms with Crippen LogP contribution in [-0.2, 0) is 10.0 Å². The Morgan fingerprint density at radius 2 is 1.95 bits per heavy atom. The highest BCUT2D eigenvalue weighted by Gasteiger charge is 2.39. The molecule has 2 aliphatic rings. The molecule has 0 unspecified atom stereocenters. The molecule has 8 heteroatoms. The number of rotatable bonds is 5. The molecule has 2 heterocycles. The highest BCUT2D eigenvalue weighted by atomic mass is 32.2. The largest absolute Gasteiger partial charge is 0.477 e. The van der Waals surface area contributed by atoms with E-state index in [1.165, 1.54) is 6.07 Å². The first kappa shape index (κ1) is 15.2. The maximum atomic E-state index is 12.3. The molecule has 0 aromatic carbocycles.